The van der Waals surface area contributed by atoms with Crippen LogP contribution in [0.4, 0.5) is 20.2 Å². The maximum Gasteiger partial charge on any atom is 0.261 e. The highest BCUT2D eigenvalue weighted by Gasteiger charge is 2.17. The number of amides is 1. The molecule has 0 aromatic heterocycles. The zero-order valence-electron chi connectivity index (χ0n) is 16.0. The molecule has 0 atom stereocenters. The van der Waals surface area contributed by atoms with Gasteiger partial charge < -0.3 is 5.32 Å². The second kappa shape index (κ2) is 8.44. The minimum Gasteiger partial charge on any atom is -0.322 e. The quantitative estimate of drug-likeness (QED) is 0.579. The first-order chi connectivity index (χ1) is 14.5. The van der Waals surface area contributed by atoms with Crippen LogP contribution in [0.25, 0.3) is 0 Å². The van der Waals surface area contributed by atoms with E-state index >= 15 is 0 Å². The number of carbonyl (C=O) groups is 1. The lowest BCUT2D eigenvalue weighted by molar-refractivity contribution is 0.102. The summed E-state index contributed by atoms with van der Waals surface area (Å²) in [5, 5.41) is 2.59. The van der Waals surface area contributed by atoms with Crippen LogP contribution in [0.5, 0.6) is 0 Å². The highest BCUT2D eigenvalue weighted by atomic mass is 32.2. The molecule has 0 bridgehead atoms. The second-order valence-corrected chi connectivity index (χ2v) is 10.2. The Hall–Kier alpha value is -3.31. The summed E-state index contributed by atoms with van der Waals surface area (Å²) in [5.74, 6) is -2.94. The molecule has 3 aromatic carbocycles. The van der Waals surface area contributed by atoms with Gasteiger partial charge in [0.25, 0.3) is 15.9 Å². The first-order valence-electron chi connectivity index (χ1n) is 8.65. The monoisotopic (exact) mass is 466 g/mol. The van der Waals surface area contributed by atoms with Crippen molar-refractivity contribution in [1.82, 2.24) is 0 Å². The standard InChI is InChI=1S/C20H16F2N2O5S2/c1-30(26,27)16-8-2-13(3-9-16)20(25)23-14-4-6-15(7-5-14)24-31(28,29)17-10-11-18(21)19(22)12-17/h2-12,24H,1H3,(H,23,25). The van der Waals surface area contributed by atoms with Gasteiger partial charge in [-0.2, -0.15) is 0 Å². The molecule has 0 aliphatic rings. The molecule has 1 amide bonds. The summed E-state index contributed by atoms with van der Waals surface area (Å²) in [6, 6.07) is 13.2. The minimum absolute atomic E-state index is 0.0849. The summed E-state index contributed by atoms with van der Waals surface area (Å²) in [5.41, 5.74) is 0.726. The van der Waals surface area contributed by atoms with Crippen molar-refractivity contribution in [1.29, 1.82) is 0 Å². The van der Waals surface area contributed by atoms with Gasteiger partial charge in [0.1, 0.15) is 0 Å². The number of rotatable bonds is 6. The summed E-state index contributed by atoms with van der Waals surface area (Å²) >= 11 is 0. The zero-order chi connectivity index (χ0) is 22.8. The summed E-state index contributed by atoms with van der Waals surface area (Å²) in [4.78, 5) is 11.9. The summed E-state index contributed by atoms with van der Waals surface area (Å²) in [6.07, 6.45) is 1.06. The Kier molecular flexibility index (Phi) is 6.09. The SMILES string of the molecule is CS(=O)(=O)c1ccc(C(=O)Nc2ccc(NS(=O)(=O)c3ccc(F)c(F)c3)cc2)cc1. The fourth-order valence-electron chi connectivity index (χ4n) is 2.54. The topological polar surface area (TPSA) is 109 Å². The molecule has 162 valence electrons. The lowest BCUT2D eigenvalue weighted by Gasteiger charge is -2.10. The molecule has 7 nitrogen and oxygen atoms in total. The zero-order valence-corrected chi connectivity index (χ0v) is 17.6. The molecule has 0 saturated heterocycles. The molecule has 2 N–H and O–H groups in total. The number of benzene rings is 3. The van der Waals surface area contributed by atoms with Gasteiger partial charge in [-0.15, -0.1) is 0 Å². The number of hydrogen-bond donors (Lipinski definition) is 2. The van der Waals surface area contributed by atoms with Crippen molar-refractivity contribution in [2.75, 3.05) is 16.3 Å². The van der Waals surface area contributed by atoms with Gasteiger partial charge in [-0.1, -0.05) is 0 Å². The number of carbonyl (C=O) groups excluding carboxylic acids is 1. The molecule has 3 rings (SSSR count). The normalized spacial score (nSPS) is 11.7. The fourth-order valence-corrected chi connectivity index (χ4v) is 4.24. The third-order valence-electron chi connectivity index (χ3n) is 4.14. The van der Waals surface area contributed by atoms with Gasteiger partial charge in [-0.25, -0.2) is 25.6 Å². The Bertz CT molecular complexity index is 1340. The van der Waals surface area contributed by atoms with Gasteiger partial charge in [0.2, 0.25) is 0 Å². The van der Waals surface area contributed by atoms with Crippen molar-refractivity contribution in [3.05, 3.63) is 83.9 Å². The van der Waals surface area contributed by atoms with Crippen LogP contribution in [0, 0.1) is 11.6 Å². The van der Waals surface area contributed by atoms with Crippen LogP contribution >= 0.6 is 0 Å². The predicted octanol–water partition coefficient (Wildman–Crippen LogP) is 3.42. The molecule has 0 unspecified atom stereocenters. The third kappa shape index (κ3) is 5.44. The average molecular weight is 466 g/mol. The number of hydrogen-bond acceptors (Lipinski definition) is 5. The van der Waals surface area contributed by atoms with E-state index in [4.69, 9.17) is 0 Å². The molecule has 0 saturated carbocycles. The van der Waals surface area contributed by atoms with Crippen LogP contribution in [0.3, 0.4) is 0 Å². The Morgan fingerprint density at radius 1 is 0.742 bits per heavy atom. The maximum atomic E-state index is 13.3. The molecule has 0 heterocycles. The fraction of sp³-hybridized carbons (Fsp3) is 0.0500. The average Bonchev–Trinajstić information content (AvgIpc) is 2.70. The molecular formula is C20H16F2N2O5S2. The van der Waals surface area contributed by atoms with E-state index in [1.165, 1.54) is 48.5 Å². The van der Waals surface area contributed by atoms with Crippen molar-refractivity contribution >= 4 is 37.1 Å². The highest BCUT2D eigenvalue weighted by molar-refractivity contribution is 7.92. The van der Waals surface area contributed by atoms with E-state index in [0.717, 1.165) is 12.3 Å². The molecule has 31 heavy (non-hydrogen) atoms. The Morgan fingerprint density at radius 3 is 1.84 bits per heavy atom. The summed E-state index contributed by atoms with van der Waals surface area (Å²) < 4.78 is 76.1. The van der Waals surface area contributed by atoms with E-state index in [2.05, 4.69) is 10.0 Å². The van der Waals surface area contributed by atoms with Crippen LogP contribution in [0.1, 0.15) is 10.4 Å². The Balaban J connectivity index is 1.70. The minimum atomic E-state index is -4.14. The summed E-state index contributed by atoms with van der Waals surface area (Å²) in [7, 11) is -7.52. The second-order valence-electron chi connectivity index (χ2n) is 6.51. The maximum absolute atomic E-state index is 13.3. The highest BCUT2D eigenvalue weighted by Crippen LogP contribution is 2.20. The van der Waals surface area contributed by atoms with Crippen molar-refractivity contribution in [2.45, 2.75) is 9.79 Å². The smallest absolute Gasteiger partial charge is 0.261 e. The lowest BCUT2D eigenvalue weighted by atomic mass is 10.2. The first kappa shape index (κ1) is 22.4. The van der Waals surface area contributed by atoms with Crippen molar-refractivity contribution < 1.29 is 30.4 Å². The number of sulfonamides is 1. The van der Waals surface area contributed by atoms with Crippen LogP contribution in [0.2, 0.25) is 0 Å². The van der Waals surface area contributed by atoms with E-state index in [1.54, 1.807) is 0 Å². The van der Waals surface area contributed by atoms with E-state index in [9.17, 15) is 30.4 Å². The number of halogens is 2. The number of nitrogens with one attached hydrogen (secondary N) is 2. The van der Waals surface area contributed by atoms with E-state index in [1.807, 2.05) is 0 Å². The summed E-state index contributed by atoms with van der Waals surface area (Å²) in [6.45, 7) is 0. The van der Waals surface area contributed by atoms with Crippen LogP contribution in [0.15, 0.2) is 76.5 Å². The molecule has 0 aliphatic heterocycles. The molecule has 3 aromatic rings. The Labute approximate surface area is 177 Å². The molecule has 0 radical (unpaired) electrons. The number of anilines is 2. The Morgan fingerprint density at radius 2 is 1.29 bits per heavy atom. The first-order valence-corrected chi connectivity index (χ1v) is 12.0. The van der Waals surface area contributed by atoms with Gasteiger partial charge in [0.05, 0.1) is 9.79 Å². The van der Waals surface area contributed by atoms with E-state index in [-0.39, 0.29) is 16.1 Å². The molecular weight excluding hydrogens is 450 g/mol. The van der Waals surface area contributed by atoms with Crippen LogP contribution in [-0.4, -0.2) is 29.0 Å². The van der Waals surface area contributed by atoms with Crippen molar-refractivity contribution in [3.63, 3.8) is 0 Å². The van der Waals surface area contributed by atoms with Gasteiger partial charge in [0, 0.05) is 23.2 Å². The van der Waals surface area contributed by atoms with Crippen molar-refractivity contribution in [3.8, 4) is 0 Å². The molecule has 11 heteroatoms. The largest absolute Gasteiger partial charge is 0.322 e. The predicted molar refractivity (Wildman–Crippen MR) is 111 cm³/mol. The molecule has 0 fully saturated rings. The van der Waals surface area contributed by atoms with E-state index in [0.29, 0.717) is 17.8 Å². The van der Waals surface area contributed by atoms with Gasteiger partial charge >= 0.3 is 0 Å². The lowest BCUT2D eigenvalue weighted by Crippen LogP contribution is -2.14. The van der Waals surface area contributed by atoms with Crippen LogP contribution < -0.4 is 10.0 Å². The number of sulfone groups is 1. The van der Waals surface area contributed by atoms with E-state index < -0.39 is 42.3 Å². The molecule has 0 spiro atoms. The van der Waals surface area contributed by atoms with Gasteiger partial charge in [-0.3, -0.25) is 9.52 Å². The third-order valence-corrected chi connectivity index (χ3v) is 6.65. The molecule has 0 aliphatic carbocycles. The van der Waals surface area contributed by atoms with Gasteiger partial charge in [-0.05, 0) is 66.7 Å². The van der Waals surface area contributed by atoms with Gasteiger partial charge in [0.15, 0.2) is 21.5 Å². The van der Waals surface area contributed by atoms with Crippen molar-refractivity contribution in [2.24, 2.45) is 0 Å². The van der Waals surface area contributed by atoms with Crippen LogP contribution in [-0.2, 0) is 19.9 Å².